The lowest BCUT2D eigenvalue weighted by molar-refractivity contribution is 0.180. The second-order valence-corrected chi connectivity index (χ2v) is 5.14. The molecule has 0 aliphatic heterocycles. The molecule has 1 unspecified atom stereocenters. The van der Waals surface area contributed by atoms with Crippen LogP contribution in [0.2, 0.25) is 0 Å². The van der Waals surface area contributed by atoms with Crippen LogP contribution >= 0.6 is 0 Å². The van der Waals surface area contributed by atoms with Gasteiger partial charge in [-0.15, -0.1) is 0 Å². The molecule has 3 rings (SSSR count). The summed E-state index contributed by atoms with van der Waals surface area (Å²) in [5, 5.41) is 12.8. The number of methoxy groups -OCH3 is 1. The molecule has 0 bridgehead atoms. The van der Waals surface area contributed by atoms with Crippen LogP contribution in [0.3, 0.4) is 0 Å². The van der Waals surface area contributed by atoms with Crippen LogP contribution in [0.1, 0.15) is 17.2 Å². The Morgan fingerprint density at radius 2 is 1.62 bits per heavy atom. The standard InChI is InChI=1S/C19H18O2/c1-21-16-11-9-14(10-12-16)13-19(20)18-8-4-6-15-5-2-3-7-17(15)18/h2-12,19-20H,13H2,1H3. The second-order valence-electron chi connectivity index (χ2n) is 5.14. The highest BCUT2D eigenvalue weighted by Crippen LogP contribution is 2.27. The van der Waals surface area contributed by atoms with E-state index in [0.29, 0.717) is 6.42 Å². The molecule has 21 heavy (non-hydrogen) atoms. The Morgan fingerprint density at radius 1 is 0.905 bits per heavy atom. The number of ether oxygens (including phenoxy) is 1. The smallest absolute Gasteiger partial charge is 0.118 e. The molecule has 3 aromatic carbocycles. The Kier molecular flexibility index (Phi) is 3.89. The van der Waals surface area contributed by atoms with Gasteiger partial charge in [-0.2, -0.15) is 0 Å². The summed E-state index contributed by atoms with van der Waals surface area (Å²) in [6.07, 6.45) is 0.0855. The summed E-state index contributed by atoms with van der Waals surface area (Å²) in [4.78, 5) is 0. The highest BCUT2D eigenvalue weighted by atomic mass is 16.5. The fraction of sp³-hybridized carbons (Fsp3) is 0.158. The summed E-state index contributed by atoms with van der Waals surface area (Å²) in [5.74, 6) is 0.832. The van der Waals surface area contributed by atoms with Crippen LogP contribution in [0.5, 0.6) is 5.75 Å². The van der Waals surface area contributed by atoms with E-state index in [4.69, 9.17) is 4.74 Å². The third-order valence-corrected chi connectivity index (χ3v) is 3.77. The summed E-state index contributed by atoms with van der Waals surface area (Å²) in [7, 11) is 1.65. The molecule has 0 spiro atoms. The Hall–Kier alpha value is -2.32. The number of aliphatic hydroxyl groups excluding tert-OH is 1. The first-order valence-corrected chi connectivity index (χ1v) is 7.06. The molecule has 0 aromatic heterocycles. The average molecular weight is 278 g/mol. The molecule has 0 aliphatic rings. The van der Waals surface area contributed by atoms with E-state index in [9.17, 15) is 5.11 Å². The number of hydrogen-bond acceptors (Lipinski definition) is 2. The fourth-order valence-corrected chi connectivity index (χ4v) is 2.64. The maximum absolute atomic E-state index is 10.6. The van der Waals surface area contributed by atoms with Gasteiger partial charge in [-0.1, -0.05) is 54.6 Å². The van der Waals surface area contributed by atoms with Crippen molar-refractivity contribution < 1.29 is 9.84 Å². The lowest BCUT2D eigenvalue weighted by Gasteiger charge is -2.14. The van der Waals surface area contributed by atoms with Gasteiger partial charge >= 0.3 is 0 Å². The van der Waals surface area contributed by atoms with E-state index >= 15 is 0 Å². The Labute approximate surface area is 124 Å². The van der Waals surface area contributed by atoms with Crippen LogP contribution in [0.25, 0.3) is 10.8 Å². The molecule has 0 fully saturated rings. The van der Waals surface area contributed by atoms with Crippen LogP contribution in [-0.2, 0) is 6.42 Å². The molecule has 0 amide bonds. The molecule has 1 N–H and O–H groups in total. The van der Waals surface area contributed by atoms with Crippen molar-refractivity contribution in [3.8, 4) is 5.75 Å². The molecule has 106 valence electrons. The minimum absolute atomic E-state index is 0.510. The van der Waals surface area contributed by atoms with Crippen molar-refractivity contribution in [3.63, 3.8) is 0 Å². The van der Waals surface area contributed by atoms with Crippen LogP contribution in [0.15, 0.2) is 66.7 Å². The maximum atomic E-state index is 10.6. The van der Waals surface area contributed by atoms with Gasteiger partial charge in [0.1, 0.15) is 5.75 Å². The topological polar surface area (TPSA) is 29.5 Å². The number of hydrogen-bond donors (Lipinski definition) is 1. The molecule has 0 saturated carbocycles. The fourth-order valence-electron chi connectivity index (χ4n) is 2.64. The predicted octanol–water partition coefficient (Wildman–Crippen LogP) is 4.12. The first-order valence-electron chi connectivity index (χ1n) is 7.06. The van der Waals surface area contributed by atoms with Gasteiger partial charge < -0.3 is 9.84 Å². The molecule has 0 radical (unpaired) electrons. The van der Waals surface area contributed by atoms with Gasteiger partial charge in [-0.3, -0.25) is 0 Å². The number of benzene rings is 3. The highest BCUT2D eigenvalue weighted by molar-refractivity contribution is 5.86. The first kappa shape index (κ1) is 13.7. The molecule has 2 heteroatoms. The van der Waals surface area contributed by atoms with Crippen molar-refractivity contribution >= 4 is 10.8 Å². The molecule has 2 nitrogen and oxygen atoms in total. The zero-order valence-corrected chi connectivity index (χ0v) is 12.0. The monoisotopic (exact) mass is 278 g/mol. The van der Waals surface area contributed by atoms with Gasteiger partial charge in [0.25, 0.3) is 0 Å². The molecule has 0 heterocycles. The van der Waals surface area contributed by atoms with Gasteiger partial charge in [0.05, 0.1) is 13.2 Å². The van der Waals surface area contributed by atoms with Crippen molar-refractivity contribution in [1.29, 1.82) is 0 Å². The van der Waals surface area contributed by atoms with E-state index in [2.05, 4.69) is 18.2 Å². The zero-order chi connectivity index (χ0) is 14.7. The largest absolute Gasteiger partial charge is 0.497 e. The summed E-state index contributed by atoms with van der Waals surface area (Å²) in [5.41, 5.74) is 2.07. The van der Waals surface area contributed by atoms with Crippen molar-refractivity contribution in [1.82, 2.24) is 0 Å². The Balaban J connectivity index is 1.88. The van der Waals surface area contributed by atoms with Gasteiger partial charge in [0.2, 0.25) is 0 Å². The minimum atomic E-state index is -0.510. The zero-order valence-electron chi connectivity index (χ0n) is 12.0. The first-order chi connectivity index (χ1) is 10.3. The van der Waals surface area contributed by atoms with Crippen LogP contribution in [0, 0.1) is 0 Å². The van der Waals surface area contributed by atoms with E-state index in [1.54, 1.807) is 7.11 Å². The third kappa shape index (κ3) is 2.91. The molecular formula is C19H18O2. The number of fused-ring (bicyclic) bond motifs is 1. The molecule has 3 aromatic rings. The molecule has 1 atom stereocenters. The quantitative estimate of drug-likeness (QED) is 0.777. The van der Waals surface area contributed by atoms with E-state index < -0.39 is 6.10 Å². The number of rotatable bonds is 4. The van der Waals surface area contributed by atoms with Crippen molar-refractivity contribution in [2.24, 2.45) is 0 Å². The van der Waals surface area contributed by atoms with Gasteiger partial charge in [-0.25, -0.2) is 0 Å². The summed E-state index contributed by atoms with van der Waals surface area (Å²) in [6, 6.07) is 22.0. The van der Waals surface area contributed by atoms with Crippen LogP contribution < -0.4 is 4.74 Å². The summed E-state index contributed by atoms with van der Waals surface area (Å²) in [6.45, 7) is 0. The van der Waals surface area contributed by atoms with E-state index in [0.717, 1.165) is 27.6 Å². The predicted molar refractivity (Wildman–Crippen MR) is 85.6 cm³/mol. The van der Waals surface area contributed by atoms with Crippen molar-refractivity contribution in [2.45, 2.75) is 12.5 Å². The van der Waals surface area contributed by atoms with Crippen LogP contribution in [-0.4, -0.2) is 12.2 Å². The Bertz CT molecular complexity index is 727. The van der Waals surface area contributed by atoms with Crippen molar-refractivity contribution in [2.75, 3.05) is 7.11 Å². The SMILES string of the molecule is COc1ccc(CC(O)c2cccc3ccccc23)cc1. The second kappa shape index (κ2) is 5.98. The normalized spacial score (nSPS) is 12.3. The maximum Gasteiger partial charge on any atom is 0.118 e. The van der Waals surface area contributed by atoms with E-state index in [1.165, 1.54) is 0 Å². The summed E-state index contributed by atoms with van der Waals surface area (Å²) < 4.78 is 5.15. The lowest BCUT2D eigenvalue weighted by atomic mass is 9.96. The van der Waals surface area contributed by atoms with Gasteiger partial charge in [0.15, 0.2) is 0 Å². The molecule has 0 saturated heterocycles. The third-order valence-electron chi connectivity index (χ3n) is 3.77. The lowest BCUT2D eigenvalue weighted by Crippen LogP contribution is -2.02. The highest BCUT2D eigenvalue weighted by Gasteiger charge is 2.11. The van der Waals surface area contributed by atoms with Gasteiger partial charge in [0, 0.05) is 6.42 Å². The van der Waals surface area contributed by atoms with E-state index in [-0.39, 0.29) is 0 Å². The van der Waals surface area contributed by atoms with Crippen molar-refractivity contribution in [3.05, 3.63) is 77.9 Å². The minimum Gasteiger partial charge on any atom is -0.497 e. The molecule has 0 aliphatic carbocycles. The summed E-state index contributed by atoms with van der Waals surface area (Å²) >= 11 is 0. The average Bonchev–Trinajstić information content (AvgIpc) is 2.55. The molecular weight excluding hydrogens is 260 g/mol. The van der Waals surface area contributed by atoms with Crippen LogP contribution in [0.4, 0.5) is 0 Å². The van der Waals surface area contributed by atoms with Gasteiger partial charge in [-0.05, 0) is 34.0 Å². The van der Waals surface area contributed by atoms with E-state index in [1.807, 2.05) is 48.5 Å². The Morgan fingerprint density at radius 3 is 2.38 bits per heavy atom. The number of aliphatic hydroxyl groups is 1.